The van der Waals surface area contributed by atoms with Crippen LogP contribution in [0.15, 0.2) is 52.1 Å². The van der Waals surface area contributed by atoms with Crippen LogP contribution in [0.3, 0.4) is 0 Å². The lowest BCUT2D eigenvalue weighted by atomic mass is 9.66. The van der Waals surface area contributed by atoms with E-state index < -0.39 is 23.6 Å². The molecule has 6 heteroatoms. The van der Waals surface area contributed by atoms with E-state index in [-0.39, 0.29) is 22.8 Å². The van der Waals surface area contributed by atoms with Gasteiger partial charge in [-0.25, -0.2) is 4.39 Å². The highest BCUT2D eigenvalue weighted by Gasteiger charge is 2.49. The maximum Gasteiger partial charge on any atom is 0.416 e. The summed E-state index contributed by atoms with van der Waals surface area (Å²) in [5, 5.41) is 11.7. The van der Waals surface area contributed by atoms with Crippen LogP contribution in [0.4, 0.5) is 17.6 Å². The van der Waals surface area contributed by atoms with Crippen molar-refractivity contribution >= 4 is 5.71 Å². The molecule has 1 aromatic carbocycles. The fourth-order valence-electron chi connectivity index (χ4n) is 5.71. The molecule has 33 heavy (non-hydrogen) atoms. The van der Waals surface area contributed by atoms with Gasteiger partial charge in [-0.1, -0.05) is 58.7 Å². The molecule has 0 aromatic heterocycles. The maximum atomic E-state index is 16.3. The minimum absolute atomic E-state index is 0.121. The second-order valence-electron chi connectivity index (χ2n) is 10.9. The highest BCUT2D eigenvalue weighted by Crippen LogP contribution is 2.53. The Hall–Kier alpha value is -1.95. The first-order valence-electron chi connectivity index (χ1n) is 11.9. The molecule has 3 aliphatic rings. The monoisotopic (exact) mass is 463 g/mol. The Balaban J connectivity index is 1.89. The van der Waals surface area contributed by atoms with E-state index in [1.165, 1.54) is 12.1 Å². The van der Waals surface area contributed by atoms with Gasteiger partial charge in [0.25, 0.3) is 0 Å². The lowest BCUT2D eigenvalue weighted by Crippen LogP contribution is -2.44. The van der Waals surface area contributed by atoms with Crippen molar-refractivity contribution in [3.63, 3.8) is 0 Å². The summed E-state index contributed by atoms with van der Waals surface area (Å²) >= 11 is 0. The molecule has 0 bridgehead atoms. The number of rotatable bonds is 4. The minimum atomic E-state index is -4.47. The van der Waals surface area contributed by atoms with Crippen LogP contribution >= 0.6 is 0 Å². The third-order valence-electron chi connectivity index (χ3n) is 7.27. The Morgan fingerprint density at radius 1 is 1.06 bits per heavy atom. The van der Waals surface area contributed by atoms with Gasteiger partial charge in [0.1, 0.15) is 0 Å². The van der Waals surface area contributed by atoms with Gasteiger partial charge in [-0.15, -0.1) is 0 Å². The zero-order valence-electron chi connectivity index (χ0n) is 19.8. The summed E-state index contributed by atoms with van der Waals surface area (Å²) in [6, 6.07) is 4.32. The Bertz CT molecular complexity index is 994. The Morgan fingerprint density at radius 3 is 2.21 bits per heavy atom. The van der Waals surface area contributed by atoms with Crippen LogP contribution < -0.4 is 0 Å². The average Bonchev–Trinajstić information content (AvgIpc) is 3.24. The molecule has 1 heterocycles. The molecule has 1 fully saturated rings. The first-order valence-corrected chi connectivity index (χ1v) is 11.9. The van der Waals surface area contributed by atoms with Gasteiger partial charge < -0.3 is 5.11 Å². The fourth-order valence-corrected chi connectivity index (χ4v) is 5.71. The van der Waals surface area contributed by atoms with E-state index in [0.29, 0.717) is 23.3 Å². The maximum absolute atomic E-state index is 16.3. The van der Waals surface area contributed by atoms with Gasteiger partial charge in [0.2, 0.25) is 0 Å². The molecule has 1 saturated carbocycles. The predicted octanol–water partition coefficient (Wildman–Crippen LogP) is 7.75. The van der Waals surface area contributed by atoms with Crippen molar-refractivity contribution in [3.8, 4) is 0 Å². The largest absolute Gasteiger partial charge is 0.416 e. The molecule has 1 aromatic rings. The van der Waals surface area contributed by atoms with Gasteiger partial charge in [0.15, 0.2) is 11.9 Å². The van der Waals surface area contributed by atoms with Crippen molar-refractivity contribution in [1.29, 1.82) is 0 Å². The first-order chi connectivity index (χ1) is 15.3. The molecule has 0 spiro atoms. The van der Waals surface area contributed by atoms with Crippen LogP contribution in [0.25, 0.3) is 0 Å². The Labute approximate surface area is 193 Å². The molecule has 0 radical (unpaired) electrons. The molecule has 1 aliphatic heterocycles. The van der Waals surface area contributed by atoms with Crippen LogP contribution in [0.5, 0.6) is 0 Å². The third kappa shape index (κ3) is 4.55. The molecule has 0 amide bonds. The van der Waals surface area contributed by atoms with Crippen LogP contribution in [0.1, 0.15) is 83.5 Å². The fraction of sp³-hybridized carbons (Fsp3) is 0.593. The zero-order chi connectivity index (χ0) is 24.2. The number of aliphatic imine (C=N–C) groups is 1. The number of nitrogens with zero attached hydrogens (tertiary/aromatic N) is 1. The molecule has 1 unspecified atom stereocenters. The highest BCUT2D eigenvalue weighted by molar-refractivity contribution is 6.05. The number of benzene rings is 1. The number of halogens is 4. The lowest BCUT2D eigenvalue weighted by molar-refractivity contribution is -0.137. The second kappa shape index (κ2) is 8.37. The summed E-state index contributed by atoms with van der Waals surface area (Å²) in [4.78, 5) is 4.76. The van der Waals surface area contributed by atoms with E-state index in [9.17, 15) is 18.3 Å². The standard InChI is InChI=1S/C27H33F4NO/c1-16(2)24-22(23(28)18-9-11-19(12-10-18)27(29,30)31)21(17-7-5-6-8-17)20-13-14-25(3,4)15-26(20,33)32-24/h9-13,16-17,23,33H,5-8,14-15H2,1-4H3/t23?,26-/m0/s1. The summed E-state index contributed by atoms with van der Waals surface area (Å²) in [7, 11) is 0. The van der Waals surface area contributed by atoms with E-state index in [1.54, 1.807) is 0 Å². The summed E-state index contributed by atoms with van der Waals surface area (Å²) in [5.41, 5.74) is 0.404. The van der Waals surface area contributed by atoms with E-state index >= 15 is 4.39 Å². The van der Waals surface area contributed by atoms with Crippen molar-refractivity contribution in [2.75, 3.05) is 0 Å². The highest BCUT2D eigenvalue weighted by atomic mass is 19.4. The molecule has 4 rings (SSSR count). The van der Waals surface area contributed by atoms with Crippen LogP contribution in [0, 0.1) is 17.3 Å². The predicted molar refractivity (Wildman–Crippen MR) is 123 cm³/mol. The van der Waals surface area contributed by atoms with Gasteiger partial charge in [-0.2, -0.15) is 13.2 Å². The van der Waals surface area contributed by atoms with E-state index in [4.69, 9.17) is 4.99 Å². The lowest BCUT2D eigenvalue weighted by Gasteiger charge is -2.45. The van der Waals surface area contributed by atoms with Crippen molar-refractivity contribution in [3.05, 3.63) is 58.2 Å². The summed E-state index contributed by atoms with van der Waals surface area (Å²) in [5.74, 6) is -0.0179. The van der Waals surface area contributed by atoms with Crippen molar-refractivity contribution < 1.29 is 22.7 Å². The SMILES string of the molecule is CC(C)C1=N[C@]2(O)CC(C)(C)CC=C2C(C2CCCC2)=C1C(F)c1ccc(C(F)(F)F)cc1. The third-order valence-corrected chi connectivity index (χ3v) is 7.27. The number of allylic oxidation sites excluding steroid dienone is 2. The van der Waals surface area contributed by atoms with Crippen LogP contribution in [-0.2, 0) is 6.18 Å². The van der Waals surface area contributed by atoms with Gasteiger partial charge in [0.05, 0.1) is 5.56 Å². The molecule has 2 nitrogen and oxygen atoms in total. The number of hydrogen-bond donors (Lipinski definition) is 1. The number of dihydropyridines is 1. The number of alkyl halides is 4. The van der Waals surface area contributed by atoms with Gasteiger partial charge in [0, 0.05) is 23.3 Å². The van der Waals surface area contributed by atoms with Gasteiger partial charge >= 0.3 is 6.18 Å². The zero-order valence-corrected chi connectivity index (χ0v) is 19.8. The normalized spacial score (nSPS) is 26.8. The molecule has 2 aliphatic carbocycles. The van der Waals surface area contributed by atoms with Gasteiger partial charge in [-0.05, 0) is 59.8 Å². The molecule has 1 N–H and O–H groups in total. The molecule has 180 valence electrons. The van der Waals surface area contributed by atoms with E-state index in [0.717, 1.165) is 49.8 Å². The quantitative estimate of drug-likeness (QED) is 0.455. The summed E-state index contributed by atoms with van der Waals surface area (Å²) in [6.45, 7) is 8.04. The number of fused-ring (bicyclic) bond motifs is 1. The number of aliphatic hydroxyl groups is 1. The average molecular weight is 464 g/mol. The molecular weight excluding hydrogens is 430 g/mol. The molecular formula is C27H33F4NO. The van der Waals surface area contributed by atoms with E-state index in [2.05, 4.69) is 13.8 Å². The minimum Gasteiger partial charge on any atom is -0.365 e. The summed E-state index contributed by atoms with van der Waals surface area (Å²) in [6.07, 6.45) is 1.10. The second-order valence-corrected chi connectivity index (χ2v) is 10.9. The van der Waals surface area contributed by atoms with Crippen molar-refractivity contribution in [2.45, 2.75) is 84.3 Å². The van der Waals surface area contributed by atoms with E-state index in [1.807, 2.05) is 19.9 Å². The Kier molecular flexibility index (Phi) is 6.13. The van der Waals surface area contributed by atoms with Crippen molar-refractivity contribution in [1.82, 2.24) is 0 Å². The molecule has 2 atom stereocenters. The topological polar surface area (TPSA) is 32.6 Å². The van der Waals surface area contributed by atoms with Crippen LogP contribution in [0.2, 0.25) is 0 Å². The number of hydrogen-bond acceptors (Lipinski definition) is 2. The summed E-state index contributed by atoms with van der Waals surface area (Å²) < 4.78 is 55.4. The van der Waals surface area contributed by atoms with Gasteiger partial charge in [-0.3, -0.25) is 4.99 Å². The molecule has 0 saturated heterocycles. The Morgan fingerprint density at radius 2 is 1.67 bits per heavy atom. The van der Waals surface area contributed by atoms with Crippen molar-refractivity contribution in [2.24, 2.45) is 22.2 Å². The smallest absolute Gasteiger partial charge is 0.365 e. The van der Waals surface area contributed by atoms with Crippen LogP contribution in [-0.4, -0.2) is 16.5 Å². The first kappa shape index (κ1) is 24.2.